The van der Waals surface area contributed by atoms with E-state index < -0.39 is 0 Å². The maximum atomic E-state index is 12.5. The molecular weight excluding hydrogens is 352 g/mol. The summed E-state index contributed by atoms with van der Waals surface area (Å²) in [6, 6.07) is 16.0. The Kier molecular flexibility index (Phi) is 4.93. The van der Waals surface area contributed by atoms with E-state index in [1.54, 1.807) is 0 Å². The van der Waals surface area contributed by atoms with E-state index in [4.69, 9.17) is 4.42 Å². The van der Waals surface area contributed by atoms with Crippen LogP contribution in [-0.2, 0) is 24.3 Å². The molecule has 4 rings (SSSR count). The van der Waals surface area contributed by atoms with Crippen molar-refractivity contribution in [1.29, 1.82) is 0 Å². The standard InChI is InChI=1S/C22H22N4O2/c1-3-21-24-25-22(28-21)18-13-26(19-10-5-4-9-17(18)19)14-20(27)23-12-16-8-6-7-15(2)11-16/h4-11,13H,3,12,14H2,1-2H3,(H,23,27). The zero-order valence-corrected chi connectivity index (χ0v) is 16.0. The van der Waals surface area contributed by atoms with Gasteiger partial charge < -0.3 is 14.3 Å². The highest BCUT2D eigenvalue weighted by Crippen LogP contribution is 2.29. The summed E-state index contributed by atoms with van der Waals surface area (Å²) in [5.41, 5.74) is 4.07. The summed E-state index contributed by atoms with van der Waals surface area (Å²) in [4.78, 5) is 12.5. The molecule has 0 radical (unpaired) electrons. The monoisotopic (exact) mass is 374 g/mol. The first-order valence-corrected chi connectivity index (χ1v) is 9.37. The molecule has 0 aliphatic carbocycles. The number of hydrogen-bond acceptors (Lipinski definition) is 4. The molecule has 1 N–H and O–H groups in total. The Morgan fingerprint density at radius 1 is 1.14 bits per heavy atom. The van der Waals surface area contributed by atoms with Crippen LogP contribution in [0, 0.1) is 6.92 Å². The molecule has 1 amide bonds. The van der Waals surface area contributed by atoms with E-state index >= 15 is 0 Å². The Labute approximate surface area is 163 Å². The molecule has 28 heavy (non-hydrogen) atoms. The Morgan fingerprint density at radius 3 is 2.79 bits per heavy atom. The third-order valence-electron chi connectivity index (χ3n) is 4.67. The van der Waals surface area contributed by atoms with Gasteiger partial charge in [0, 0.05) is 30.1 Å². The van der Waals surface area contributed by atoms with E-state index in [1.807, 2.05) is 67.1 Å². The molecule has 0 aliphatic heterocycles. The Hall–Kier alpha value is -3.41. The largest absolute Gasteiger partial charge is 0.421 e. The summed E-state index contributed by atoms with van der Waals surface area (Å²) >= 11 is 0. The fourth-order valence-electron chi connectivity index (χ4n) is 3.29. The molecule has 0 saturated heterocycles. The van der Waals surface area contributed by atoms with E-state index in [9.17, 15) is 4.79 Å². The fourth-order valence-corrected chi connectivity index (χ4v) is 3.29. The van der Waals surface area contributed by atoms with Gasteiger partial charge in [0.1, 0.15) is 6.54 Å². The zero-order valence-electron chi connectivity index (χ0n) is 16.0. The first-order valence-electron chi connectivity index (χ1n) is 9.37. The molecule has 6 nitrogen and oxygen atoms in total. The molecule has 2 aromatic carbocycles. The lowest BCUT2D eigenvalue weighted by Gasteiger charge is -2.08. The van der Waals surface area contributed by atoms with Crippen molar-refractivity contribution in [2.24, 2.45) is 0 Å². The van der Waals surface area contributed by atoms with Gasteiger partial charge in [0.2, 0.25) is 17.7 Å². The Bertz CT molecular complexity index is 1130. The number of rotatable bonds is 6. The summed E-state index contributed by atoms with van der Waals surface area (Å²) < 4.78 is 7.65. The van der Waals surface area contributed by atoms with Crippen LogP contribution in [0.2, 0.25) is 0 Å². The highest BCUT2D eigenvalue weighted by atomic mass is 16.4. The SMILES string of the molecule is CCc1nnc(-c2cn(CC(=O)NCc3cccc(C)c3)c3ccccc23)o1. The van der Waals surface area contributed by atoms with Crippen LogP contribution in [0.3, 0.4) is 0 Å². The lowest BCUT2D eigenvalue weighted by Crippen LogP contribution is -2.26. The van der Waals surface area contributed by atoms with Gasteiger partial charge in [-0.1, -0.05) is 55.0 Å². The number of hydrogen-bond donors (Lipinski definition) is 1. The van der Waals surface area contributed by atoms with Crippen LogP contribution in [-0.4, -0.2) is 20.7 Å². The predicted octanol–water partition coefficient (Wildman–Crippen LogP) is 3.88. The second-order valence-electron chi connectivity index (χ2n) is 6.81. The maximum absolute atomic E-state index is 12.5. The van der Waals surface area contributed by atoms with E-state index in [-0.39, 0.29) is 12.5 Å². The molecule has 0 bridgehead atoms. The van der Waals surface area contributed by atoms with Crippen molar-refractivity contribution in [1.82, 2.24) is 20.1 Å². The Morgan fingerprint density at radius 2 is 2.00 bits per heavy atom. The molecule has 0 atom stereocenters. The van der Waals surface area contributed by atoms with Crippen LogP contribution in [0.1, 0.15) is 23.9 Å². The molecule has 0 fully saturated rings. The van der Waals surface area contributed by atoms with Crippen LogP contribution >= 0.6 is 0 Å². The van der Waals surface area contributed by atoms with Crippen LogP contribution in [0.25, 0.3) is 22.4 Å². The first kappa shape index (κ1) is 18.0. The average Bonchev–Trinajstić information content (AvgIpc) is 3.31. The lowest BCUT2D eigenvalue weighted by atomic mass is 10.1. The number of benzene rings is 2. The van der Waals surface area contributed by atoms with Gasteiger partial charge in [0.05, 0.1) is 5.56 Å². The van der Waals surface area contributed by atoms with Crippen molar-refractivity contribution in [3.05, 3.63) is 71.7 Å². The van der Waals surface area contributed by atoms with Gasteiger partial charge in [-0.15, -0.1) is 10.2 Å². The molecule has 4 aromatic rings. The van der Waals surface area contributed by atoms with E-state index in [0.717, 1.165) is 22.0 Å². The number of nitrogens with one attached hydrogen (secondary N) is 1. The van der Waals surface area contributed by atoms with Crippen LogP contribution in [0.4, 0.5) is 0 Å². The van der Waals surface area contributed by atoms with Gasteiger partial charge >= 0.3 is 0 Å². The minimum Gasteiger partial charge on any atom is -0.421 e. The number of carbonyl (C=O) groups is 1. The molecule has 0 spiro atoms. The normalized spacial score (nSPS) is 11.1. The number of para-hydroxylation sites is 1. The highest BCUT2D eigenvalue weighted by molar-refractivity contribution is 5.94. The lowest BCUT2D eigenvalue weighted by molar-refractivity contribution is -0.121. The predicted molar refractivity (Wildman–Crippen MR) is 108 cm³/mol. The molecule has 2 heterocycles. The fraction of sp³-hybridized carbons (Fsp3) is 0.227. The van der Waals surface area contributed by atoms with Crippen LogP contribution in [0.5, 0.6) is 0 Å². The number of carbonyl (C=O) groups excluding carboxylic acids is 1. The zero-order chi connectivity index (χ0) is 19.5. The van der Waals surface area contributed by atoms with Gasteiger partial charge in [0.25, 0.3) is 0 Å². The smallest absolute Gasteiger partial charge is 0.249 e. The second kappa shape index (κ2) is 7.68. The molecule has 142 valence electrons. The Balaban J connectivity index is 1.56. The first-order chi connectivity index (χ1) is 13.6. The molecule has 0 aliphatic rings. The average molecular weight is 374 g/mol. The van der Waals surface area contributed by atoms with Gasteiger partial charge in [-0.3, -0.25) is 4.79 Å². The number of aryl methyl sites for hydroxylation is 2. The summed E-state index contributed by atoms with van der Waals surface area (Å²) in [5, 5.41) is 12.2. The van der Waals surface area contributed by atoms with E-state index in [1.165, 1.54) is 5.56 Å². The molecule has 2 aromatic heterocycles. The van der Waals surface area contributed by atoms with Crippen molar-refractivity contribution in [3.8, 4) is 11.5 Å². The number of amides is 1. The van der Waals surface area contributed by atoms with Crippen molar-refractivity contribution in [2.45, 2.75) is 33.4 Å². The van der Waals surface area contributed by atoms with E-state index in [0.29, 0.717) is 24.7 Å². The van der Waals surface area contributed by atoms with Crippen molar-refractivity contribution >= 4 is 16.8 Å². The van der Waals surface area contributed by atoms with Gasteiger partial charge in [-0.2, -0.15) is 0 Å². The van der Waals surface area contributed by atoms with Crippen molar-refractivity contribution in [3.63, 3.8) is 0 Å². The van der Waals surface area contributed by atoms with Gasteiger partial charge in [0.15, 0.2) is 0 Å². The molecule has 0 saturated carbocycles. The number of nitrogens with zero attached hydrogens (tertiary/aromatic N) is 3. The molecule has 6 heteroatoms. The quantitative estimate of drug-likeness (QED) is 0.556. The van der Waals surface area contributed by atoms with Crippen LogP contribution < -0.4 is 5.32 Å². The number of fused-ring (bicyclic) bond motifs is 1. The van der Waals surface area contributed by atoms with Crippen molar-refractivity contribution < 1.29 is 9.21 Å². The van der Waals surface area contributed by atoms with E-state index in [2.05, 4.69) is 21.6 Å². The highest BCUT2D eigenvalue weighted by Gasteiger charge is 2.16. The van der Waals surface area contributed by atoms with Gasteiger partial charge in [-0.05, 0) is 18.6 Å². The summed E-state index contributed by atoms with van der Waals surface area (Å²) in [7, 11) is 0. The second-order valence-corrected chi connectivity index (χ2v) is 6.81. The minimum absolute atomic E-state index is 0.0476. The minimum atomic E-state index is -0.0476. The maximum Gasteiger partial charge on any atom is 0.249 e. The number of aromatic nitrogens is 3. The third-order valence-corrected chi connectivity index (χ3v) is 4.67. The van der Waals surface area contributed by atoms with Gasteiger partial charge in [-0.25, -0.2) is 0 Å². The molecule has 0 unspecified atom stereocenters. The van der Waals surface area contributed by atoms with Crippen LogP contribution in [0.15, 0.2) is 59.1 Å². The third kappa shape index (κ3) is 3.67. The summed E-state index contributed by atoms with van der Waals surface area (Å²) in [6.07, 6.45) is 2.59. The van der Waals surface area contributed by atoms with Crippen molar-refractivity contribution in [2.75, 3.05) is 0 Å². The summed E-state index contributed by atoms with van der Waals surface area (Å²) in [6.45, 7) is 4.75. The topological polar surface area (TPSA) is 73.0 Å². The molecular formula is C22H22N4O2. The summed E-state index contributed by atoms with van der Waals surface area (Å²) in [5.74, 6) is 1.03.